The number of hydrogen-bond donors (Lipinski definition) is 2. The maximum Gasteiger partial charge on any atom is 0.389 e. The Morgan fingerprint density at radius 1 is 1.33 bits per heavy atom. The molecule has 18 heavy (non-hydrogen) atoms. The summed E-state index contributed by atoms with van der Waals surface area (Å²) in [4.78, 5) is 14.9. The van der Waals surface area contributed by atoms with Gasteiger partial charge in [0.1, 0.15) is 17.7 Å². The van der Waals surface area contributed by atoms with Gasteiger partial charge in [-0.1, -0.05) is 0 Å². The lowest BCUT2D eigenvalue weighted by Gasteiger charge is -2.05. The molecule has 0 atom stereocenters. The average molecular weight is 259 g/mol. The van der Waals surface area contributed by atoms with Gasteiger partial charge in [-0.25, -0.2) is 15.0 Å². The van der Waals surface area contributed by atoms with Crippen molar-refractivity contribution in [2.75, 3.05) is 7.05 Å². The minimum absolute atomic E-state index is 0.177. The van der Waals surface area contributed by atoms with Crippen molar-refractivity contribution in [3.05, 3.63) is 17.8 Å². The van der Waals surface area contributed by atoms with E-state index in [0.717, 1.165) is 0 Å². The van der Waals surface area contributed by atoms with Gasteiger partial charge in [0.2, 0.25) is 0 Å². The zero-order chi connectivity index (χ0) is 13.2. The number of rotatable bonds is 4. The topological polar surface area (TPSA) is 66.5 Å². The average Bonchev–Trinajstić information content (AvgIpc) is 2.68. The summed E-state index contributed by atoms with van der Waals surface area (Å²) in [5.74, 6) is 0.626. The second kappa shape index (κ2) is 4.89. The third-order valence-corrected chi connectivity index (χ3v) is 2.41. The second-order valence-electron chi connectivity index (χ2n) is 3.85. The standard InChI is InChI=1S/C10H12F3N5/c1-14-4-7-17-8-6(2-3-10(11,12)13)15-5-16-9(8)18-7/h5,14H,2-4H2,1H3,(H,15,16,17,18). The highest BCUT2D eigenvalue weighted by atomic mass is 19.4. The predicted octanol–water partition coefficient (Wildman–Crippen LogP) is 1.57. The Kier molecular flexibility index (Phi) is 3.46. The van der Waals surface area contributed by atoms with E-state index < -0.39 is 12.6 Å². The van der Waals surface area contributed by atoms with Crippen molar-refractivity contribution >= 4 is 11.2 Å². The van der Waals surface area contributed by atoms with Crippen molar-refractivity contribution in [1.29, 1.82) is 0 Å². The molecule has 0 saturated heterocycles. The van der Waals surface area contributed by atoms with Crippen LogP contribution in [0.3, 0.4) is 0 Å². The number of aromatic amines is 1. The summed E-state index contributed by atoms with van der Waals surface area (Å²) < 4.78 is 36.6. The van der Waals surface area contributed by atoms with E-state index in [1.54, 1.807) is 7.05 Å². The number of aromatic nitrogens is 4. The van der Waals surface area contributed by atoms with E-state index in [1.807, 2.05) is 0 Å². The van der Waals surface area contributed by atoms with Crippen LogP contribution in [0.25, 0.3) is 11.2 Å². The summed E-state index contributed by atoms with van der Waals surface area (Å²) in [6.07, 6.45) is -4.04. The van der Waals surface area contributed by atoms with E-state index in [0.29, 0.717) is 29.2 Å². The van der Waals surface area contributed by atoms with Gasteiger partial charge in [-0.2, -0.15) is 13.2 Å². The number of nitrogens with one attached hydrogen (secondary N) is 2. The molecule has 0 aromatic carbocycles. The van der Waals surface area contributed by atoms with Crippen LogP contribution in [-0.4, -0.2) is 33.2 Å². The summed E-state index contributed by atoms with van der Waals surface area (Å²) in [5.41, 5.74) is 1.21. The first-order valence-corrected chi connectivity index (χ1v) is 5.39. The molecule has 0 spiro atoms. The van der Waals surface area contributed by atoms with Crippen molar-refractivity contribution < 1.29 is 13.2 Å². The predicted molar refractivity (Wildman–Crippen MR) is 58.8 cm³/mol. The lowest BCUT2D eigenvalue weighted by molar-refractivity contribution is -0.134. The number of nitrogens with zero attached hydrogens (tertiary/aromatic N) is 3. The smallest absolute Gasteiger partial charge is 0.338 e. The fourth-order valence-electron chi connectivity index (χ4n) is 1.63. The molecular formula is C10H12F3N5. The molecule has 0 aliphatic rings. The molecule has 5 nitrogen and oxygen atoms in total. The fraction of sp³-hybridized carbons (Fsp3) is 0.500. The molecule has 0 radical (unpaired) electrons. The number of imidazole rings is 1. The first-order chi connectivity index (χ1) is 8.49. The van der Waals surface area contributed by atoms with Crippen LogP contribution in [0.2, 0.25) is 0 Å². The highest BCUT2D eigenvalue weighted by molar-refractivity contribution is 5.72. The van der Waals surface area contributed by atoms with Crippen LogP contribution < -0.4 is 5.32 Å². The Morgan fingerprint density at radius 2 is 2.11 bits per heavy atom. The van der Waals surface area contributed by atoms with Gasteiger partial charge < -0.3 is 10.3 Å². The Hall–Kier alpha value is -1.70. The number of H-pyrrole nitrogens is 1. The largest absolute Gasteiger partial charge is 0.389 e. The van der Waals surface area contributed by atoms with Crippen LogP contribution in [0, 0.1) is 0 Å². The molecule has 8 heteroatoms. The van der Waals surface area contributed by atoms with Gasteiger partial charge in [0, 0.05) is 12.8 Å². The third kappa shape index (κ3) is 2.95. The highest BCUT2D eigenvalue weighted by Crippen LogP contribution is 2.23. The Balaban J connectivity index is 2.27. The molecule has 0 aliphatic carbocycles. The van der Waals surface area contributed by atoms with Crippen LogP contribution in [0.5, 0.6) is 0 Å². The summed E-state index contributed by atoms with van der Waals surface area (Å²) >= 11 is 0. The molecule has 2 heterocycles. The molecule has 0 saturated carbocycles. The molecule has 0 amide bonds. The molecule has 0 aliphatic heterocycles. The maximum atomic E-state index is 12.2. The Labute approximate surface area is 101 Å². The summed E-state index contributed by atoms with van der Waals surface area (Å²) in [6.45, 7) is 0.495. The summed E-state index contributed by atoms with van der Waals surface area (Å²) in [7, 11) is 1.75. The van der Waals surface area contributed by atoms with Crippen LogP contribution in [-0.2, 0) is 13.0 Å². The number of hydrogen-bond acceptors (Lipinski definition) is 4. The quantitative estimate of drug-likeness (QED) is 0.874. The molecule has 2 aromatic rings. The number of halogens is 3. The van der Waals surface area contributed by atoms with Gasteiger partial charge in [0.15, 0.2) is 5.65 Å². The first-order valence-electron chi connectivity index (χ1n) is 5.39. The normalized spacial score (nSPS) is 12.2. The van der Waals surface area contributed by atoms with Crippen molar-refractivity contribution in [3.8, 4) is 0 Å². The van der Waals surface area contributed by atoms with Crippen molar-refractivity contribution in [2.24, 2.45) is 0 Å². The van der Waals surface area contributed by atoms with Gasteiger partial charge in [-0.3, -0.25) is 0 Å². The maximum absolute atomic E-state index is 12.2. The van der Waals surface area contributed by atoms with E-state index in [2.05, 4.69) is 25.3 Å². The van der Waals surface area contributed by atoms with Crippen LogP contribution in [0.15, 0.2) is 6.33 Å². The van der Waals surface area contributed by atoms with Crippen LogP contribution in [0.4, 0.5) is 13.2 Å². The van der Waals surface area contributed by atoms with Crippen molar-refractivity contribution in [1.82, 2.24) is 25.3 Å². The fourth-order valence-corrected chi connectivity index (χ4v) is 1.63. The number of fused-ring (bicyclic) bond motifs is 1. The third-order valence-electron chi connectivity index (χ3n) is 2.41. The van der Waals surface area contributed by atoms with E-state index in [1.165, 1.54) is 6.33 Å². The number of aryl methyl sites for hydroxylation is 1. The van der Waals surface area contributed by atoms with Crippen molar-refractivity contribution in [3.63, 3.8) is 0 Å². The van der Waals surface area contributed by atoms with E-state index >= 15 is 0 Å². The van der Waals surface area contributed by atoms with Crippen molar-refractivity contribution in [2.45, 2.75) is 25.6 Å². The molecule has 98 valence electrons. The molecule has 2 rings (SSSR count). The zero-order valence-electron chi connectivity index (χ0n) is 9.67. The van der Waals surface area contributed by atoms with Crippen LogP contribution >= 0.6 is 0 Å². The lowest BCUT2D eigenvalue weighted by Crippen LogP contribution is -2.09. The Bertz CT molecular complexity index is 534. The van der Waals surface area contributed by atoms with E-state index in [4.69, 9.17) is 0 Å². The summed E-state index contributed by atoms with van der Waals surface area (Å²) in [6, 6.07) is 0. The molecule has 0 bridgehead atoms. The second-order valence-corrected chi connectivity index (χ2v) is 3.85. The molecule has 0 fully saturated rings. The highest BCUT2D eigenvalue weighted by Gasteiger charge is 2.27. The van der Waals surface area contributed by atoms with Gasteiger partial charge >= 0.3 is 6.18 Å². The van der Waals surface area contributed by atoms with Gasteiger partial charge in [-0.15, -0.1) is 0 Å². The van der Waals surface area contributed by atoms with Gasteiger partial charge in [0.25, 0.3) is 0 Å². The SMILES string of the molecule is CNCc1nc2ncnc(CCC(F)(F)F)c2[nH]1. The van der Waals surface area contributed by atoms with Gasteiger partial charge in [0.05, 0.1) is 12.2 Å². The molecule has 2 N–H and O–H groups in total. The van der Waals surface area contributed by atoms with E-state index in [-0.39, 0.29) is 6.42 Å². The first kappa shape index (κ1) is 12.7. The molecule has 2 aromatic heterocycles. The number of alkyl halides is 3. The lowest BCUT2D eigenvalue weighted by atomic mass is 10.2. The minimum Gasteiger partial charge on any atom is -0.338 e. The van der Waals surface area contributed by atoms with Gasteiger partial charge in [-0.05, 0) is 7.05 Å². The molecular weight excluding hydrogens is 247 g/mol. The monoisotopic (exact) mass is 259 g/mol. The van der Waals surface area contributed by atoms with E-state index in [9.17, 15) is 13.2 Å². The Morgan fingerprint density at radius 3 is 2.78 bits per heavy atom. The zero-order valence-corrected chi connectivity index (χ0v) is 9.67. The minimum atomic E-state index is -4.19. The summed E-state index contributed by atoms with van der Waals surface area (Å²) in [5, 5.41) is 2.90. The molecule has 0 unspecified atom stereocenters. The van der Waals surface area contributed by atoms with Crippen LogP contribution in [0.1, 0.15) is 17.9 Å².